The van der Waals surface area contributed by atoms with E-state index >= 15 is 0 Å². The van der Waals surface area contributed by atoms with Gasteiger partial charge in [-0.25, -0.2) is 4.39 Å². The highest BCUT2D eigenvalue weighted by Crippen LogP contribution is 2.35. The molecule has 1 radical (unpaired) electrons. The SMILES string of the molecule is C[C](C)SC(F)C(F)(F)F. The fraction of sp³-hybridized carbons (Fsp3) is 0.800. The second-order valence-electron chi connectivity index (χ2n) is 1.88. The van der Waals surface area contributed by atoms with Gasteiger partial charge in [0.05, 0.1) is 0 Å². The fourth-order valence-corrected chi connectivity index (χ4v) is 0.821. The third kappa shape index (κ3) is 3.98. The van der Waals surface area contributed by atoms with Gasteiger partial charge in [-0.05, 0) is 13.8 Å². The minimum atomic E-state index is -4.73. The molecule has 0 amide bonds. The van der Waals surface area contributed by atoms with E-state index in [9.17, 15) is 17.6 Å². The molecule has 0 spiro atoms. The van der Waals surface area contributed by atoms with Gasteiger partial charge in [-0.3, -0.25) is 0 Å². The summed E-state index contributed by atoms with van der Waals surface area (Å²) in [6.07, 6.45) is -4.73. The van der Waals surface area contributed by atoms with Crippen molar-refractivity contribution >= 4 is 11.8 Å². The van der Waals surface area contributed by atoms with Gasteiger partial charge < -0.3 is 0 Å². The van der Waals surface area contributed by atoms with Gasteiger partial charge in [-0.1, -0.05) is 0 Å². The molecule has 0 aliphatic carbocycles. The Morgan fingerprint density at radius 3 is 1.80 bits per heavy atom. The molecule has 0 nitrogen and oxygen atoms in total. The molecule has 0 aliphatic heterocycles. The van der Waals surface area contributed by atoms with E-state index in [1.807, 2.05) is 0 Å². The van der Waals surface area contributed by atoms with Gasteiger partial charge in [-0.2, -0.15) is 13.2 Å². The lowest BCUT2D eigenvalue weighted by molar-refractivity contribution is -0.153. The predicted octanol–water partition coefficient (Wildman–Crippen LogP) is 3.15. The standard InChI is InChI=1S/C5H7F4S/c1-3(2)10-4(6)5(7,8)9/h4H,1-2H3. The first-order chi connectivity index (χ1) is 4.34. The minimum absolute atomic E-state index is 0.186. The van der Waals surface area contributed by atoms with Gasteiger partial charge >= 0.3 is 6.18 Å². The largest absolute Gasteiger partial charge is 0.429 e. The lowest BCUT2D eigenvalue weighted by Gasteiger charge is -2.12. The molecule has 0 aliphatic rings. The van der Waals surface area contributed by atoms with Crippen molar-refractivity contribution in [2.45, 2.75) is 25.5 Å². The molecule has 0 saturated carbocycles. The maximum absolute atomic E-state index is 12.0. The molecule has 0 saturated heterocycles. The summed E-state index contributed by atoms with van der Waals surface area (Å²) < 4.78 is 46.2. The summed E-state index contributed by atoms with van der Waals surface area (Å²) in [5, 5.41) is 0.366. The monoisotopic (exact) mass is 175 g/mol. The van der Waals surface area contributed by atoms with Gasteiger partial charge in [0.15, 0.2) is 0 Å². The summed E-state index contributed by atoms with van der Waals surface area (Å²) >= 11 is 0.186. The van der Waals surface area contributed by atoms with E-state index < -0.39 is 11.7 Å². The number of hydrogen-bond donors (Lipinski definition) is 0. The van der Waals surface area contributed by atoms with E-state index in [4.69, 9.17) is 0 Å². The van der Waals surface area contributed by atoms with Gasteiger partial charge in [0, 0.05) is 5.25 Å². The van der Waals surface area contributed by atoms with Crippen molar-refractivity contribution in [3.05, 3.63) is 5.25 Å². The van der Waals surface area contributed by atoms with E-state index in [0.717, 1.165) is 0 Å². The van der Waals surface area contributed by atoms with E-state index in [-0.39, 0.29) is 11.8 Å². The smallest absolute Gasteiger partial charge is 0.225 e. The van der Waals surface area contributed by atoms with Crippen molar-refractivity contribution in [1.82, 2.24) is 0 Å². The molecule has 0 rings (SSSR count). The van der Waals surface area contributed by atoms with Crippen molar-refractivity contribution in [1.29, 1.82) is 0 Å². The molecule has 1 unspecified atom stereocenters. The number of alkyl halides is 4. The Hall–Kier alpha value is 0.0700. The summed E-state index contributed by atoms with van der Waals surface area (Å²) in [4.78, 5) is 0. The van der Waals surface area contributed by atoms with Crippen LogP contribution in [-0.2, 0) is 0 Å². The quantitative estimate of drug-likeness (QED) is 0.581. The first-order valence-electron chi connectivity index (χ1n) is 2.51. The number of thioether (sulfide) groups is 1. The van der Waals surface area contributed by atoms with Gasteiger partial charge in [0.2, 0.25) is 5.50 Å². The van der Waals surface area contributed by atoms with E-state index in [2.05, 4.69) is 0 Å². The van der Waals surface area contributed by atoms with E-state index in [1.165, 1.54) is 13.8 Å². The van der Waals surface area contributed by atoms with Crippen LogP contribution in [0.5, 0.6) is 0 Å². The molecule has 0 aromatic carbocycles. The molecule has 1 atom stereocenters. The Balaban J connectivity index is 3.73. The normalized spacial score (nSPS) is 15.9. The molecular formula is C5H7F4S. The van der Waals surface area contributed by atoms with Crippen LogP contribution in [0.25, 0.3) is 0 Å². The third-order valence-electron chi connectivity index (χ3n) is 0.597. The Kier molecular flexibility index (Phi) is 3.48. The molecule has 0 aromatic heterocycles. The average Bonchev–Trinajstić information content (AvgIpc) is 1.60. The molecular weight excluding hydrogens is 168 g/mol. The van der Waals surface area contributed by atoms with E-state index in [0.29, 0.717) is 5.25 Å². The van der Waals surface area contributed by atoms with Crippen LogP contribution in [0.2, 0.25) is 0 Å². The Morgan fingerprint density at radius 2 is 1.70 bits per heavy atom. The first-order valence-corrected chi connectivity index (χ1v) is 3.39. The predicted molar refractivity (Wildman–Crippen MR) is 33.1 cm³/mol. The van der Waals surface area contributed by atoms with Crippen LogP contribution in [0.15, 0.2) is 0 Å². The van der Waals surface area contributed by atoms with Crippen LogP contribution in [0.1, 0.15) is 13.8 Å². The highest BCUT2D eigenvalue weighted by molar-refractivity contribution is 8.02. The Morgan fingerprint density at radius 1 is 1.30 bits per heavy atom. The van der Waals surface area contributed by atoms with Crippen molar-refractivity contribution < 1.29 is 17.6 Å². The van der Waals surface area contributed by atoms with Crippen molar-refractivity contribution in [2.75, 3.05) is 0 Å². The Labute approximate surface area is 61.0 Å². The zero-order valence-electron chi connectivity index (χ0n) is 5.50. The maximum atomic E-state index is 12.0. The highest BCUT2D eigenvalue weighted by Gasteiger charge is 2.41. The average molecular weight is 175 g/mol. The number of halogens is 4. The zero-order chi connectivity index (χ0) is 8.36. The van der Waals surface area contributed by atoms with Crippen LogP contribution < -0.4 is 0 Å². The highest BCUT2D eigenvalue weighted by atomic mass is 32.2. The van der Waals surface area contributed by atoms with Crippen molar-refractivity contribution in [2.24, 2.45) is 0 Å². The summed E-state index contributed by atoms with van der Waals surface area (Å²) in [5.74, 6) is 0. The lowest BCUT2D eigenvalue weighted by atomic mass is 10.6. The zero-order valence-corrected chi connectivity index (χ0v) is 6.31. The first kappa shape index (κ1) is 10.1. The second kappa shape index (κ2) is 3.46. The summed E-state index contributed by atoms with van der Waals surface area (Å²) in [5.41, 5.74) is -2.78. The molecule has 0 fully saturated rings. The molecule has 0 bridgehead atoms. The van der Waals surface area contributed by atoms with Crippen LogP contribution in [0.4, 0.5) is 17.6 Å². The molecule has 5 heteroatoms. The number of rotatable bonds is 2. The molecule has 0 aromatic rings. The van der Waals surface area contributed by atoms with Crippen molar-refractivity contribution in [3.8, 4) is 0 Å². The van der Waals surface area contributed by atoms with Crippen molar-refractivity contribution in [3.63, 3.8) is 0 Å². The van der Waals surface area contributed by atoms with Crippen LogP contribution in [0.3, 0.4) is 0 Å². The van der Waals surface area contributed by atoms with Gasteiger partial charge in [-0.15, -0.1) is 11.8 Å². The van der Waals surface area contributed by atoms with E-state index in [1.54, 1.807) is 0 Å². The molecule has 10 heavy (non-hydrogen) atoms. The topological polar surface area (TPSA) is 0 Å². The van der Waals surface area contributed by atoms with Crippen LogP contribution in [0, 0.1) is 5.25 Å². The third-order valence-corrected chi connectivity index (χ3v) is 1.54. The minimum Gasteiger partial charge on any atom is -0.225 e. The summed E-state index contributed by atoms with van der Waals surface area (Å²) in [6.45, 7) is 2.87. The van der Waals surface area contributed by atoms with Gasteiger partial charge in [0.25, 0.3) is 0 Å². The molecule has 0 N–H and O–H groups in total. The molecule has 61 valence electrons. The van der Waals surface area contributed by atoms with Crippen LogP contribution >= 0.6 is 11.8 Å². The number of hydrogen-bond acceptors (Lipinski definition) is 1. The van der Waals surface area contributed by atoms with Gasteiger partial charge in [0.1, 0.15) is 0 Å². The Bertz CT molecular complexity index is 98.3. The van der Waals surface area contributed by atoms with Crippen LogP contribution in [-0.4, -0.2) is 11.7 Å². The second-order valence-corrected chi connectivity index (χ2v) is 3.35. The fourth-order valence-electron chi connectivity index (χ4n) is 0.274. The molecule has 0 heterocycles. The summed E-state index contributed by atoms with van der Waals surface area (Å²) in [7, 11) is 0. The maximum Gasteiger partial charge on any atom is 0.429 e. The lowest BCUT2D eigenvalue weighted by Crippen LogP contribution is -2.21. The summed E-state index contributed by atoms with van der Waals surface area (Å²) in [6, 6.07) is 0.